The highest BCUT2D eigenvalue weighted by Gasteiger charge is 2.16. The molecule has 0 bridgehead atoms. The summed E-state index contributed by atoms with van der Waals surface area (Å²) >= 11 is 11.9. The van der Waals surface area contributed by atoms with Gasteiger partial charge in [-0.1, -0.05) is 35.3 Å². The smallest absolute Gasteiger partial charge is 0.265 e. The number of benzene rings is 2. The fraction of sp³-hybridized carbons (Fsp3) is 0.188. The van der Waals surface area contributed by atoms with Crippen LogP contribution in [-0.4, -0.2) is 12.0 Å². The first-order valence-electron chi connectivity index (χ1n) is 6.45. The van der Waals surface area contributed by atoms with E-state index in [-0.39, 0.29) is 5.91 Å². The fourth-order valence-corrected chi connectivity index (χ4v) is 2.13. The molecule has 2 rings (SSSR count). The van der Waals surface area contributed by atoms with E-state index in [4.69, 9.17) is 27.9 Å². The second-order valence-electron chi connectivity index (χ2n) is 4.62. The molecule has 2 aromatic rings. The maximum absolute atomic E-state index is 12.2. The average Bonchev–Trinajstić information content (AvgIpc) is 2.44. The van der Waals surface area contributed by atoms with Crippen molar-refractivity contribution in [2.75, 3.05) is 5.32 Å². The van der Waals surface area contributed by atoms with Crippen LogP contribution in [0.4, 0.5) is 5.69 Å². The van der Waals surface area contributed by atoms with E-state index in [9.17, 15) is 4.79 Å². The zero-order valence-corrected chi connectivity index (χ0v) is 13.2. The number of rotatable bonds is 4. The van der Waals surface area contributed by atoms with Crippen molar-refractivity contribution in [2.45, 2.75) is 20.0 Å². The molecule has 0 radical (unpaired) electrons. The second-order valence-corrected chi connectivity index (χ2v) is 5.46. The lowest BCUT2D eigenvalue weighted by Gasteiger charge is -2.16. The van der Waals surface area contributed by atoms with Gasteiger partial charge in [0.2, 0.25) is 0 Å². The zero-order valence-electron chi connectivity index (χ0n) is 11.7. The molecule has 0 fully saturated rings. The summed E-state index contributed by atoms with van der Waals surface area (Å²) in [6.07, 6.45) is -0.651. The van der Waals surface area contributed by atoms with E-state index in [1.165, 1.54) is 0 Å². The van der Waals surface area contributed by atoms with E-state index in [0.717, 1.165) is 5.56 Å². The molecule has 0 saturated heterocycles. The van der Waals surface area contributed by atoms with Gasteiger partial charge in [0.05, 0.1) is 0 Å². The van der Waals surface area contributed by atoms with Crippen molar-refractivity contribution in [1.82, 2.24) is 0 Å². The normalized spacial score (nSPS) is 11.8. The summed E-state index contributed by atoms with van der Waals surface area (Å²) in [4.78, 5) is 12.2. The van der Waals surface area contributed by atoms with Crippen molar-refractivity contribution in [3.8, 4) is 5.75 Å². The zero-order chi connectivity index (χ0) is 15.4. The van der Waals surface area contributed by atoms with Gasteiger partial charge in [-0.2, -0.15) is 0 Å². The Bertz CT molecular complexity index is 658. The second kappa shape index (κ2) is 6.83. The van der Waals surface area contributed by atoms with E-state index >= 15 is 0 Å². The third-order valence-electron chi connectivity index (χ3n) is 3.00. The lowest BCUT2D eigenvalue weighted by Crippen LogP contribution is -2.30. The summed E-state index contributed by atoms with van der Waals surface area (Å²) in [6, 6.07) is 12.3. The van der Waals surface area contributed by atoms with E-state index < -0.39 is 6.10 Å². The van der Waals surface area contributed by atoms with Crippen molar-refractivity contribution in [3.63, 3.8) is 0 Å². The number of hydrogen-bond acceptors (Lipinski definition) is 2. The molecular formula is C16H15Cl2NO2. The first kappa shape index (κ1) is 15.7. The molecule has 3 nitrogen and oxygen atoms in total. The summed E-state index contributed by atoms with van der Waals surface area (Å²) in [6.45, 7) is 3.52. The Morgan fingerprint density at radius 1 is 1.19 bits per heavy atom. The molecule has 0 aliphatic carbocycles. The standard InChI is InChI=1S/C16H15Cl2NO2/c1-10-14(18)7-4-8-15(10)19-16(20)11(2)21-13-6-3-5-12(17)9-13/h3-9,11H,1-2H3,(H,19,20)/t11-/m0/s1. The van der Waals surface area contributed by atoms with Crippen molar-refractivity contribution in [3.05, 3.63) is 58.1 Å². The first-order valence-corrected chi connectivity index (χ1v) is 7.21. The highest BCUT2D eigenvalue weighted by atomic mass is 35.5. The minimum absolute atomic E-state index is 0.250. The molecule has 0 aromatic heterocycles. The Morgan fingerprint density at radius 3 is 2.62 bits per heavy atom. The third kappa shape index (κ3) is 4.13. The summed E-state index contributed by atoms with van der Waals surface area (Å²) in [7, 11) is 0. The Labute approximate surface area is 133 Å². The molecular weight excluding hydrogens is 309 g/mol. The average molecular weight is 324 g/mol. The van der Waals surface area contributed by atoms with E-state index in [1.807, 2.05) is 6.92 Å². The molecule has 1 amide bonds. The summed E-state index contributed by atoms with van der Waals surface area (Å²) in [5.41, 5.74) is 1.50. The molecule has 0 saturated carbocycles. The number of anilines is 1. The van der Waals surface area contributed by atoms with Gasteiger partial charge in [-0.05, 0) is 49.7 Å². The molecule has 1 N–H and O–H groups in total. The minimum atomic E-state index is -0.651. The Hall–Kier alpha value is -1.71. The van der Waals surface area contributed by atoms with Crippen molar-refractivity contribution in [1.29, 1.82) is 0 Å². The quantitative estimate of drug-likeness (QED) is 0.885. The van der Waals surface area contributed by atoms with Gasteiger partial charge >= 0.3 is 0 Å². The SMILES string of the molecule is Cc1c(Cl)cccc1NC(=O)[C@H](C)Oc1cccc(Cl)c1. The number of nitrogens with one attached hydrogen (secondary N) is 1. The van der Waals surface area contributed by atoms with Crippen molar-refractivity contribution >= 4 is 34.8 Å². The van der Waals surface area contributed by atoms with Gasteiger partial charge in [-0.3, -0.25) is 4.79 Å². The Balaban J connectivity index is 2.04. The lowest BCUT2D eigenvalue weighted by atomic mass is 10.2. The molecule has 2 aromatic carbocycles. The van der Waals surface area contributed by atoms with Gasteiger partial charge in [0, 0.05) is 15.7 Å². The van der Waals surface area contributed by atoms with Crippen LogP contribution in [-0.2, 0) is 4.79 Å². The molecule has 5 heteroatoms. The predicted octanol–water partition coefficient (Wildman–Crippen LogP) is 4.71. The highest BCUT2D eigenvalue weighted by Crippen LogP contribution is 2.23. The number of carbonyl (C=O) groups excluding carboxylic acids is 1. The van der Waals surface area contributed by atoms with E-state index in [1.54, 1.807) is 49.4 Å². The van der Waals surface area contributed by atoms with Gasteiger partial charge in [0.15, 0.2) is 6.10 Å². The van der Waals surface area contributed by atoms with Gasteiger partial charge in [-0.15, -0.1) is 0 Å². The lowest BCUT2D eigenvalue weighted by molar-refractivity contribution is -0.122. The molecule has 21 heavy (non-hydrogen) atoms. The molecule has 110 valence electrons. The first-order chi connectivity index (χ1) is 9.97. The summed E-state index contributed by atoms with van der Waals surface area (Å²) in [5.74, 6) is 0.299. The Kier molecular flexibility index (Phi) is 5.10. The molecule has 0 unspecified atom stereocenters. The van der Waals surface area contributed by atoms with Crippen molar-refractivity contribution < 1.29 is 9.53 Å². The molecule has 0 heterocycles. The van der Waals surface area contributed by atoms with Crippen LogP contribution >= 0.6 is 23.2 Å². The third-order valence-corrected chi connectivity index (χ3v) is 3.65. The number of ether oxygens (including phenoxy) is 1. The molecule has 0 spiro atoms. The fourth-order valence-electron chi connectivity index (χ4n) is 1.78. The van der Waals surface area contributed by atoms with E-state index in [0.29, 0.717) is 21.5 Å². The van der Waals surface area contributed by atoms with Crippen LogP contribution in [0.1, 0.15) is 12.5 Å². The van der Waals surface area contributed by atoms with Gasteiger partial charge in [-0.25, -0.2) is 0 Å². The maximum atomic E-state index is 12.2. The number of carbonyl (C=O) groups is 1. The van der Waals surface area contributed by atoms with Crippen molar-refractivity contribution in [2.24, 2.45) is 0 Å². The van der Waals surface area contributed by atoms with Gasteiger partial charge < -0.3 is 10.1 Å². The molecule has 0 aliphatic heterocycles. The van der Waals surface area contributed by atoms with Crippen LogP contribution in [0.5, 0.6) is 5.75 Å². The van der Waals surface area contributed by atoms with Crippen LogP contribution in [0.2, 0.25) is 10.0 Å². The van der Waals surface area contributed by atoms with Crippen LogP contribution in [0.15, 0.2) is 42.5 Å². The topological polar surface area (TPSA) is 38.3 Å². The summed E-state index contributed by atoms with van der Waals surface area (Å²) in [5, 5.41) is 3.97. The monoisotopic (exact) mass is 323 g/mol. The highest BCUT2D eigenvalue weighted by molar-refractivity contribution is 6.31. The van der Waals surface area contributed by atoms with Crippen LogP contribution in [0, 0.1) is 6.92 Å². The summed E-state index contributed by atoms with van der Waals surface area (Å²) < 4.78 is 5.57. The molecule has 0 aliphatic rings. The van der Waals surface area contributed by atoms with Gasteiger partial charge in [0.1, 0.15) is 5.75 Å². The van der Waals surface area contributed by atoms with Gasteiger partial charge in [0.25, 0.3) is 5.91 Å². The molecule has 1 atom stereocenters. The predicted molar refractivity (Wildman–Crippen MR) is 86.4 cm³/mol. The van der Waals surface area contributed by atoms with E-state index in [2.05, 4.69) is 5.32 Å². The largest absolute Gasteiger partial charge is 0.481 e. The maximum Gasteiger partial charge on any atom is 0.265 e. The van der Waals surface area contributed by atoms with Crippen LogP contribution in [0.3, 0.4) is 0 Å². The number of amides is 1. The Morgan fingerprint density at radius 2 is 1.90 bits per heavy atom. The number of hydrogen-bond donors (Lipinski definition) is 1. The van der Waals surface area contributed by atoms with Crippen LogP contribution in [0.25, 0.3) is 0 Å². The van der Waals surface area contributed by atoms with Crippen LogP contribution < -0.4 is 10.1 Å². The minimum Gasteiger partial charge on any atom is -0.481 e. The number of halogens is 2.